The lowest BCUT2D eigenvalue weighted by Gasteiger charge is -2.25. The molecule has 13 nitrogen and oxygen atoms in total. The topological polar surface area (TPSA) is 234 Å². The van der Waals surface area contributed by atoms with E-state index in [1.165, 1.54) is 36.4 Å². The molecule has 0 saturated carbocycles. The van der Waals surface area contributed by atoms with Crippen LogP contribution in [0.5, 0.6) is 11.5 Å². The first kappa shape index (κ1) is 34.1. The van der Waals surface area contributed by atoms with Crippen molar-refractivity contribution < 1.29 is 39.3 Å². The summed E-state index contributed by atoms with van der Waals surface area (Å²) < 4.78 is 0. The zero-order valence-corrected chi connectivity index (χ0v) is 24.4. The summed E-state index contributed by atoms with van der Waals surface area (Å²) in [7, 11) is 0. The number of carbonyl (C=O) groups is 5. The highest BCUT2D eigenvalue weighted by Gasteiger charge is 2.31. The first-order valence-electron chi connectivity index (χ1n) is 14.2. The van der Waals surface area contributed by atoms with Crippen molar-refractivity contribution in [3.05, 3.63) is 95.6 Å². The monoisotopic (exact) mass is 619 g/mol. The summed E-state index contributed by atoms with van der Waals surface area (Å²) in [6, 6.07) is 15.6. The zero-order valence-electron chi connectivity index (χ0n) is 24.4. The van der Waals surface area contributed by atoms with Crippen LogP contribution in [0.4, 0.5) is 0 Å². The fourth-order valence-corrected chi connectivity index (χ4v) is 4.46. The summed E-state index contributed by atoms with van der Waals surface area (Å²) in [6.07, 6.45) is -0.310. The lowest BCUT2D eigenvalue weighted by Crippen LogP contribution is -2.58. The van der Waals surface area contributed by atoms with Crippen LogP contribution in [0, 0.1) is 0 Å². The molecule has 0 aliphatic carbocycles. The molecule has 3 aromatic carbocycles. The van der Waals surface area contributed by atoms with Crippen molar-refractivity contribution in [2.75, 3.05) is 0 Å². The Bertz CT molecular complexity index is 1470. The third kappa shape index (κ3) is 11.3. The number of nitrogens with two attached hydrogens (primary N) is 2. The summed E-state index contributed by atoms with van der Waals surface area (Å²) >= 11 is 0. The van der Waals surface area contributed by atoms with E-state index in [9.17, 15) is 39.3 Å². The number of phenolic OH excluding ortho intramolecular Hbond substituents is 2. The molecule has 0 aliphatic rings. The fourth-order valence-electron chi connectivity index (χ4n) is 4.46. The van der Waals surface area contributed by atoms with Crippen LogP contribution in [0.25, 0.3) is 0 Å². The molecule has 238 valence electrons. The predicted octanol–water partition coefficient (Wildman–Crippen LogP) is 0.258. The molecular weight excluding hydrogens is 582 g/mol. The third-order valence-electron chi connectivity index (χ3n) is 6.95. The molecular formula is C32H37N5O8. The highest BCUT2D eigenvalue weighted by Crippen LogP contribution is 2.14. The second-order valence-corrected chi connectivity index (χ2v) is 10.6. The average molecular weight is 620 g/mol. The van der Waals surface area contributed by atoms with Gasteiger partial charge in [0.1, 0.15) is 29.6 Å². The number of rotatable bonds is 16. The highest BCUT2D eigenvalue weighted by atomic mass is 16.4. The van der Waals surface area contributed by atoms with Gasteiger partial charge in [0.05, 0.1) is 6.04 Å². The molecule has 45 heavy (non-hydrogen) atoms. The van der Waals surface area contributed by atoms with Gasteiger partial charge in [-0.25, -0.2) is 4.79 Å². The van der Waals surface area contributed by atoms with Crippen molar-refractivity contribution >= 4 is 29.6 Å². The largest absolute Gasteiger partial charge is 0.508 e. The number of carboxylic acids is 1. The predicted molar refractivity (Wildman–Crippen MR) is 164 cm³/mol. The standard InChI is InChI=1S/C32H37N5O8/c33-24(14-15-28(34)40)29(41)35-25(16-19-4-2-1-3-5-19)30(42)36-26(17-20-6-10-22(38)11-7-20)31(43)37-27(32(44)45)18-21-8-12-23(39)13-9-21/h1-13,24-27,38-39H,14-18,33H2,(H2,34,40)(H,35,41)(H,36,42)(H,37,43)(H,44,45). The van der Waals surface area contributed by atoms with Gasteiger partial charge in [0, 0.05) is 25.7 Å². The first-order chi connectivity index (χ1) is 21.4. The highest BCUT2D eigenvalue weighted by molar-refractivity contribution is 5.94. The number of aromatic hydroxyl groups is 2. The second kappa shape index (κ2) is 16.4. The molecule has 0 aromatic heterocycles. The van der Waals surface area contributed by atoms with Gasteiger partial charge in [-0.3, -0.25) is 19.2 Å². The van der Waals surface area contributed by atoms with Crippen LogP contribution in [0.15, 0.2) is 78.9 Å². The van der Waals surface area contributed by atoms with Gasteiger partial charge < -0.3 is 42.7 Å². The summed E-state index contributed by atoms with van der Waals surface area (Å²) in [5.41, 5.74) is 12.9. The molecule has 13 heteroatoms. The van der Waals surface area contributed by atoms with Crippen LogP contribution >= 0.6 is 0 Å². The Labute approximate surface area is 259 Å². The molecule has 10 N–H and O–H groups in total. The second-order valence-electron chi connectivity index (χ2n) is 10.6. The first-order valence-corrected chi connectivity index (χ1v) is 14.2. The van der Waals surface area contributed by atoms with E-state index in [-0.39, 0.29) is 43.6 Å². The van der Waals surface area contributed by atoms with Gasteiger partial charge in [-0.1, -0.05) is 54.6 Å². The smallest absolute Gasteiger partial charge is 0.326 e. The SMILES string of the molecule is NC(=O)CCC(N)C(=O)NC(Cc1ccccc1)C(=O)NC(Cc1ccc(O)cc1)C(=O)NC(Cc1ccc(O)cc1)C(=O)O. The van der Waals surface area contributed by atoms with Crippen molar-refractivity contribution in [1.82, 2.24) is 16.0 Å². The van der Waals surface area contributed by atoms with E-state index in [0.717, 1.165) is 0 Å². The summed E-state index contributed by atoms with van der Waals surface area (Å²) in [4.78, 5) is 63.3. The molecule has 0 spiro atoms. The minimum atomic E-state index is -1.37. The van der Waals surface area contributed by atoms with Gasteiger partial charge in [-0.2, -0.15) is 0 Å². The quantitative estimate of drug-likeness (QED) is 0.110. The van der Waals surface area contributed by atoms with Gasteiger partial charge in [0.2, 0.25) is 23.6 Å². The van der Waals surface area contributed by atoms with Gasteiger partial charge in [0.15, 0.2) is 0 Å². The zero-order chi connectivity index (χ0) is 32.9. The maximum absolute atomic E-state index is 13.7. The molecule has 4 unspecified atom stereocenters. The van der Waals surface area contributed by atoms with Crippen LogP contribution < -0.4 is 27.4 Å². The van der Waals surface area contributed by atoms with Gasteiger partial charge >= 0.3 is 5.97 Å². The maximum atomic E-state index is 13.7. The molecule has 0 radical (unpaired) electrons. The van der Waals surface area contributed by atoms with E-state index < -0.39 is 53.8 Å². The van der Waals surface area contributed by atoms with E-state index in [0.29, 0.717) is 16.7 Å². The molecule has 0 heterocycles. The van der Waals surface area contributed by atoms with Crippen molar-refractivity contribution in [1.29, 1.82) is 0 Å². The molecule has 0 aliphatic heterocycles. The summed E-state index contributed by atoms with van der Waals surface area (Å²) in [5, 5.41) is 36.8. The molecule has 4 atom stereocenters. The third-order valence-corrected chi connectivity index (χ3v) is 6.95. The van der Waals surface area contributed by atoms with Gasteiger partial charge in [0.25, 0.3) is 0 Å². The van der Waals surface area contributed by atoms with E-state index >= 15 is 0 Å². The van der Waals surface area contributed by atoms with Crippen molar-refractivity contribution in [3.63, 3.8) is 0 Å². The number of primary amides is 1. The lowest BCUT2D eigenvalue weighted by molar-refractivity contribution is -0.142. The van der Waals surface area contributed by atoms with Crippen molar-refractivity contribution in [2.45, 2.75) is 56.3 Å². The fraction of sp³-hybridized carbons (Fsp3) is 0.281. The number of carboxylic acid groups (broad SMARTS) is 1. The minimum Gasteiger partial charge on any atom is -0.508 e. The Morgan fingerprint density at radius 2 is 1.00 bits per heavy atom. The van der Waals surface area contributed by atoms with Crippen molar-refractivity contribution in [3.8, 4) is 11.5 Å². The number of amides is 4. The van der Waals surface area contributed by atoms with E-state index in [2.05, 4.69) is 16.0 Å². The molecule has 0 saturated heterocycles. The normalized spacial score (nSPS) is 13.4. The number of nitrogens with one attached hydrogen (secondary N) is 3. The Balaban J connectivity index is 1.85. The lowest BCUT2D eigenvalue weighted by atomic mass is 10.0. The molecule has 0 bridgehead atoms. The summed E-state index contributed by atoms with van der Waals surface area (Å²) in [6.45, 7) is 0. The van der Waals surface area contributed by atoms with Gasteiger partial charge in [-0.05, 0) is 47.4 Å². The van der Waals surface area contributed by atoms with Crippen LogP contribution in [0.1, 0.15) is 29.5 Å². The Morgan fingerprint density at radius 3 is 1.44 bits per heavy atom. The number of aliphatic carboxylic acids is 1. The van der Waals surface area contributed by atoms with E-state index in [1.54, 1.807) is 42.5 Å². The number of carbonyl (C=O) groups excluding carboxylic acids is 4. The molecule has 0 fully saturated rings. The Hall–Kier alpha value is -5.43. The molecule has 3 aromatic rings. The summed E-state index contributed by atoms with van der Waals surface area (Å²) in [5.74, 6) is -4.20. The van der Waals surface area contributed by atoms with Crippen LogP contribution in [0.3, 0.4) is 0 Å². The van der Waals surface area contributed by atoms with Crippen LogP contribution in [-0.2, 0) is 43.2 Å². The van der Waals surface area contributed by atoms with E-state index in [4.69, 9.17) is 11.5 Å². The van der Waals surface area contributed by atoms with E-state index in [1.807, 2.05) is 0 Å². The van der Waals surface area contributed by atoms with Crippen molar-refractivity contribution in [2.24, 2.45) is 11.5 Å². The number of benzene rings is 3. The minimum absolute atomic E-state index is 0.00249. The average Bonchev–Trinajstić information content (AvgIpc) is 3.01. The Morgan fingerprint density at radius 1 is 0.600 bits per heavy atom. The number of hydrogen-bond acceptors (Lipinski definition) is 8. The molecule has 3 rings (SSSR count). The van der Waals surface area contributed by atoms with Gasteiger partial charge in [-0.15, -0.1) is 0 Å². The van der Waals surface area contributed by atoms with Crippen LogP contribution in [-0.4, -0.2) is 69.1 Å². The maximum Gasteiger partial charge on any atom is 0.326 e. The Kier molecular flexibility index (Phi) is 12.4. The number of hydrogen-bond donors (Lipinski definition) is 8. The van der Waals surface area contributed by atoms with Crippen LogP contribution in [0.2, 0.25) is 0 Å². The molecule has 4 amide bonds. The number of phenols is 2.